The maximum Gasteiger partial charge on any atom is 0.260 e. The fourth-order valence-electron chi connectivity index (χ4n) is 3.07. The molecule has 0 bridgehead atoms. The first-order valence-corrected chi connectivity index (χ1v) is 8.80. The third-order valence-corrected chi connectivity index (χ3v) is 4.48. The number of hydrogen-bond acceptors (Lipinski definition) is 5. The van der Waals surface area contributed by atoms with Crippen LogP contribution in [0.3, 0.4) is 0 Å². The van der Waals surface area contributed by atoms with Crippen molar-refractivity contribution in [1.29, 1.82) is 0 Å². The zero-order valence-electron chi connectivity index (χ0n) is 15.6. The van der Waals surface area contributed by atoms with Gasteiger partial charge in [-0.25, -0.2) is 0 Å². The molecule has 1 unspecified atom stereocenters. The molecule has 0 aliphatic heterocycles. The lowest BCUT2D eigenvalue weighted by Gasteiger charge is -2.16. The van der Waals surface area contributed by atoms with Crippen molar-refractivity contribution in [2.45, 2.75) is 32.9 Å². The van der Waals surface area contributed by atoms with Crippen LogP contribution in [0.5, 0.6) is 5.75 Å². The van der Waals surface area contributed by atoms with Crippen molar-refractivity contribution in [2.24, 2.45) is 7.05 Å². The molecular weight excluding hydrogens is 330 g/mol. The van der Waals surface area contributed by atoms with Crippen molar-refractivity contribution >= 4 is 21.7 Å². The van der Waals surface area contributed by atoms with Gasteiger partial charge in [0.15, 0.2) is 0 Å². The van der Waals surface area contributed by atoms with Gasteiger partial charge in [0.1, 0.15) is 18.5 Å². The van der Waals surface area contributed by atoms with Crippen LogP contribution < -0.4 is 15.6 Å². The SMILES string of the molecule is Cc1nccc2c1c(=O)n(C)c1cc(OCC(O)CNC(C)C)ccc21. The van der Waals surface area contributed by atoms with Gasteiger partial charge in [0.05, 0.1) is 16.6 Å². The number of aliphatic hydroxyl groups excluding tert-OH is 1. The molecule has 138 valence electrons. The van der Waals surface area contributed by atoms with Crippen LogP contribution in [0.25, 0.3) is 21.7 Å². The number of aryl methyl sites for hydroxylation is 2. The first kappa shape index (κ1) is 18.4. The molecule has 0 amide bonds. The molecule has 2 aromatic heterocycles. The number of aliphatic hydroxyl groups is 1. The Morgan fingerprint density at radius 2 is 2.04 bits per heavy atom. The summed E-state index contributed by atoms with van der Waals surface area (Å²) in [5, 5.41) is 15.7. The van der Waals surface area contributed by atoms with E-state index in [-0.39, 0.29) is 12.2 Å². The highest BCUT2D eigenvalue weighted by Gasteiger charge is 2.12. The summed E-state index contributed by atoms with van der Waals surface area (Å²) in [6.07, 6.45) is 1.13. The highest BCUT2D eigenvalue weighted by molar-refractivity contribution is 6.06. The van der Waals surface area contributed by atoms with Crippen LogP contribution in [0.2, 0.25) is 0 Å². The minimum Gasteiger partial charge on any atom is -0.491 e. The van der Waals surface area contributed by atoms with E-state index in [9.17, 15) is 9.90 Å². The van der Waals surface area contributed by atoms with Gasteiger partial charge in [-0.1, -0.05) is 13.8 Å². The molecule has 0 aliphatic rings. The normalized spacial score (nSPS) is 12.8. The third-order valence-electron chi connectivity index (χ3n) is 4.48. The smallest absolute Gasteiger partial charge is 0.260 e. The first-order chi connectivity index (χ1) is 12.4. The minimum atomic E-state index is -0.595. The van der Waals surface area contributed by atoms with Crippen LogP contribution in [0, 0.1) is 6.92 Å². The Kier molecular flexibility index (Phi) is 5.25. The van der Waals surface area contributed by atoms with Crippen LogP contribution >= 0.6 is 0 Å². The highest BCUT2D eigenvalue weighted by Crippen LogP contribution is 2.26. The number of nitrogens with one attached hydrogen (secondary N) is 1. The highest BCUT2D eigenvalue weighted by atomic mass is 16.5. The van der Waals surface area contributed by atoms with E-state index in [2.05, 4.69) is 10.3 Å². The fraction of sp³-hybridized carbons (Fsp3) is 0.400. The van der Waals surface area contributed by atoms with Crippen LogP contribution in [-0.4, -0.2) is 40.0 Å². The second-order valence-corrected chi connectivity index (χ2v) is 6.89. The van der Waals surface area contributed by atoms with E-state index in [1.165, 1.54) is 0 Å². The molecule has 1 atom stereocenters. The van der Waals surface area contributed by atoms with Crippen LogP contribution in [-0.2, 0) is 7.05 Å². The van der Waals surface area contributed by atoms with Gasteiger partial charge >= 0.3 is 0 Å². The first-order valence-electron chi connectivity index (χ1n) is 8.80. The summed E-state index contributed by atoms with van der Waals surface area (Å²) >= 11 is 0. The third kappa shape index (κ3) is 3.57. The molecule has 0 saturated carbocycles. The van der Waals surface area contributed by atoms with Gasteiger partial charge < -0.3 is 19.7 Å². The lowest BCUT2D eigenvalue weighted by Crippen LogP contribution is -2.35. The Hall–Kier alpha value is -2.44. The number of fused-ring (bicyclic) bond motifs is 3. The molecule has 6 heteroatoms. The van der Waals surface area contributed by atoms with Crippen molar-refractivity contribution in [3.63, 3.8) is 0 Å². The average Bonchev–Trinajstić information content (AvgIpc) is 2.62. The lowest BCUT2D eigenvalue weighted by molar-refractivity contribution is 0.105. The largest absolute Gasteiger partial charge is 0.491 e. The summed E-state index contributed by atoms with van der Waals surface area (Å²) in [5.74, 6) is 0.626. The standard InChI is InChI=1S/C20H25N3O3/c1-12(2)22-10-14(24)11-26-15-5-6-16-17-7-8-21-13(3)19(17)20(25)23(4)18(16)9-15/h5-9,12,14,22,24H,10-11H2,1-4H3. The molecule has 3 rings (SSSR count). The molecule has 2 N–H and O–H groups in total. The van der Waals surface area contributed by atoms with Gasteiger partial charge in [0.2, 0.25) is 0 Å². The van der Waals surface area contributed by atoms with Gasteiger partial charge in [-0.05, 0) is 30.5 Å². The number of nitrogens with zero attached hydrogens (tertiary/aromatic N) is 2. The topological polar surface area (TPSA) is 76.4 Å². The molecule has 0 spiro atoms. The zero-order chi connectivity index (χ0) is 18.8. The van der Waals surface area contributed by atoms with Crippen molar-refractivity contribution in [3.8, 4) is 5.75 Å². The Labute approximate surface area is 152 Å². The number of rotatable bonds is 6. The van der Waals surface area contributed by atoms with Gasteiger partial charge in [-0.3, -0.25) is 9.78 Å². The van der Waals surface area contributed by atoms with Gasteiger partial charge in [0, 0.05) is 37.3 Å². The summed E-state index contributed by atoms with van der Waals surface area (Å²) in [4.78, 5) is 17.0. The molecule has 0 radical (unpaired) electrons. The molecule has 0 saturated heterocycles. The quantitative estimate of drug-likeness (QED) is 0.663. The van der Waals surface area contributed by atoms with Crippen molar-refractivity contribution in [3.05, 3.63) is 46.5 Å². The van der Waals surface area contributed by atoms with E-state index in [0.717, 1.165) is 22.0 Å². The van der Waals surface area contributed by atoms with Crippen LogP contribution in [0.4, 0.5) is 0 Å². The zero-order valence-corrected chi connectivity index (χ0v) is 15.6. The molecule has 2 heterocycles. The number of hydrogen-bond donors (Lipinski definition) is 2. The van der Waals surface area contributed by atoms with E-state index in [1.807, 2.05) is 45.0 Å². The van der Waals surface area contributed by atoms with Crippen molar-refractivity contribution in [1.82, 2.24) is 14.9 Å². The van der Waals surface area contributed by atoms with Crippen molar-refractivity contribution < 1.29 is 9.84 Å². The number of aromatic nitrogens is 2. The van der Waals surface area contributed by atoms with E-state index in [4.69, 9.17) is 4.74 Å². The van der Waals surface area contributed by atoms with E-state index < -0.39 is 6.10 Å². The number of pyridine rings is 2. The molecular formula is C20H25N3O3. The summed E-state index contributed by atoms with van der Waals surface area (Å²) in [5.41, 5.74) is 1.45. The maximum absolute atomic E-state index is 12.7. The minimum absolute atomic E-state index is 0.0728. The lowest BCUT2D eigenvalue weighted by atomic mass is 10.1. The fourth-order valence-corrected chi connectivity index (χ4v) is 3.07. The molecule has 26 heavy (non-hydrogen) atoms. The number of ether oxygens (including phenoxy) is 1. The predicted molar refractivity (Wildman–Crippen MR) is 104 cm³/mol. The van der Waals surface area contributed by atoms with E-state index in [1.54, 1.807) is 17.8 Å². The Bertz CT molecular complexity index is 995. The van der Waals surface area contributed by atoms with Crippen LogP contribution in [0.15, 0.2) is 35.3 Å². The van der Waals surface area contributed by atoms with Gasteiger partial charge in [-0.2, -0.15) is 0 Å². The van der Waals surface area contributed by atoms with E-state index in [0.29, 0.717) is 23.7 Å². The summed E-state index contributed by atoms with van der Waals surface area (Å²) < 4.78 is 7.34. The average molecular weight is 355 g/mol. The second-order valence-electron chi connectivity index (χ2n) is 6.89. The molecule has 0 aliphatic carbocycles. The Morgan fingerprint density at radius 1 is 1.27 bits per heavy atom. The molecule has 1 aromatic carbocycles. The molecule has 3 aromatic rings. The number of benzene rings is 1. The molecule has 6 nitrogen and oxygen atoms in total. The summed E-state index contributed by atoms with van der Waals surface area (Å²) in [7, 11) is 1.75. The van der Waals surface area contributed by atoms with Gasteiger partial charge in [-0.15, -0.1) is 0 Å². The predicted octanol–water partition coefficient (Wildman–Crippen LogP) is 2.13. The second kappa shape index (κ2) is 7.43. The molecule has 0 fully saturated rings. The monoisotopic (exact) mass is 355 g/mol. The van der Waals surface area contributed by atoms with E-state index >= 15 is 0 Å². The van der Waals surface area contributed by atoms with Gasteiger partial charge in [0.25, 0.3) is 5.56 Å². The summed E-state index contributed by atoms with van der Waals surface area (Å²) in [6, 6.07) is 7.84. The Balaban J connectivity index is 1.93. The van der Waals surface area contributed by atoms with Crippen LogP contribution in [0.1, 0.15) is 19.5 Å². The summed E-state index contributed by atoms with van der Waals surface area (Å²) in [6.45, 7) is 6.56. The van der Waals surface area contributed by atoms with Crippen molar-refractivity contribution in [2.75, 3.05) is 13.2 Å². The maximum atomic E-state index is 12.7. The Morgan fingerprint density at radius 3 is 2.77 bits per heavy atom.